The lowest BCUT2D eigenvalue weighted by atomic mass is 9.88. The van der Waals surface area contributed by atoms with Gasteiger partial charge in [0.2, 0.25) is 0 Å². The van der Waals surface area contributed by atoms with Gasteiger partial charge in [0.25, 0.3) is 0 Å². The third kappa shape index (κ3) is 3.28. The standard InChI is InChI=1S/C25H28N4O/c1-16-9-10-29(23-8-7-18(13-22(16)23)20-14-26-28(3)15-20)24-6-4-5-19-12-21(30)11-17(2)27-25(19)24/h4-8,13-17,27H,9-12H2,1-3H3/t16-,17+/m0/s1. The molecule has 2 aliphatic rings. The molecule has 1 aromatic heterocycles. The first-order valence-electron chi connectivity index (χ1n) is 10.8. The monoisotopic (exact) mass is 400 g/mol. The molecule has 3 aromatic rings. The number of anilines is 3. The Bertz CT molecular complexity index is 1120. The van der Waals surface area contributed by atoms with Gasteiger partial charge in [0.1, 0.15) is 5.78 Å². The van der Waals surface area contributed by atoms with Crippen molar-refractivity contribution >= 4 is 22.8 Å². The van der Waals surface area contributed by atoms with Gasteiger partial charge >= 0.3 is 0 Å². The van der Waals surface area contributed by atoms with E-state index in [1.165, 1.54) is 22.5 Å². The Labute approximate surface area is 177 Å². The summed E-state index contributed by atoms with van der Waals surface area (Å²) in [5.41, 5.74) is 8.39. The molecule has 3 heterocycles. The third-order valence-electron chi connectivity index (χ3n) is 6.40. The Balaban J connectivity index is 1.59. The van der Waals surface area contributed by atoms with Crippen LogP contribution in [-0.4, -0.2) is 28.2 Å². The van der Waals surface area contributed by atoms with Crippen molar-refractivity contribution in [3.05, 3.63) is 59.9 Å². The van der Waals surface area contributed by atoms with Crippen LogP contribution in [-0.2, 0) is 18.3 Å². The number of carbonyl (C=O) groups excluding carboxylic acids is 1. The largest absolute Gasteiger partial charge is 0.380 e. The highest BCUT2D eigenvalue weighted by Crippen LogP contribution is 2.44. The van der Waals surface area contributed by atoms with Crippen LogP contribution in [0.5, 0.6) is 0 Å². The highest BCUT2D eigenvalue weighted by molar-refractivity contribution is 5.90. The molecule has 0 saturated carbocycles. The number of rotatable bonds is 2. The maximum atomic E-state index is 12.3. The molecule has 0 fully saturated rings. The molecule has 30 heavy (non-hydrogen) atoms. The quantitative estimate of drug-likeness (QED) is 0.654. The maximum absolute atomic E-state index is 12.3. The molecule has 2 aliphatic heterocycles. The lowest BCUT2D eigenvalue weighted by molar-refractivity contribution is -0.118. The zero-order valence-corrected chi connectivity index (χ0v) is 17.9. The normalized spacial score (nSPS) is 20.9. The van der Waals surface area contributed by atoms with E-state index in [1.807, 2.05) is 17.9 Å². The smallest absolute Gasteiger partial charge is 0.139 e. The number of fused-ring (bicyclic) bond motifs is 2. The first kappa shape index (κ1) is 18.9. The Morgan fingerprint density at radius 3 is 2.77 bits per heavy atom. The van der Waals surface area contributed by atoms with Gasteiger partial charge in [-0.25, -0.2) is 0 Å². The van der Waals surface area contributed by atoms with Gasteiger partial charge in [0.15, 0.2) is 0 Å². The van der Waals surface area contributed by atoms with Gasteiger partial charge < -0.3 is 10.2 Å². The zero-order chi connectivity index (χ0) is 20.8. The van der Waals surface area contributed by atoms with Crippen molar-refractivity contribution in [2.45, 2.75) is 45.1 Å². The fourth-order valence-electron chi connectivity index (χ4n) is 4.84. The fraction of sp³-hybridized carbons (Fsp3) is 0.360. The number of nitrogens with zero attached hydrogens (tertiary/aromatic N) is 3. The van der Waals surface area contributed by atoms with E-state index in [1.54, 1.807) is 0 Å². The van der Waals surface area contributed by atoms with Crippen molar-refractivity contribution in [1.29, 1.82) is 0 Å². The van der Waals surface area contributed by atoms with Crippen molar-refractivity contribution in [2.75, 3.05) is 16.8 Å². The van der Waals surface area contributed by atoms with E-state index in [0.717, 1.165) is 29.8 Å². The maximum Gasteiger partial charge on any atom is 0.139 e. The fourth-order valence-corrected chi connectivity index (χ4v) is 4.84. The van der Waals surface area contributed by atoms with Crippen molar-refractivity contribution in [2.24, 2.45) is 7.05 Å². The van der Waals surface area contributed by atoms with Crippen LogP contribution < -0.4 is 10.2 Å². The van der Waals surface area contributed by atoms with Crippen molar-refractivity contribution in [3.8, 4) is 11.1 Å². The summed E-state index contributed by atoms with van der Waals surface area (Å²) in [5.74, 6) is 0.809. The second kappa shape index (κ2) is 7.31. The number of para-hydroxylation sites is 1. The molecule has 2 atom stereocenters. The van der Waals surface area contributed by atoms with Crippen molar-refractivity contribution in [1.82, 2.24) is 9.78 Å². The van der Waals surface area contributed by atoms with E-state index in [4.69, 9.17) is 0 Å². The minimum atomic E-state index is 0.149. The molecule has 0 aliphatic carbocycles. The number of aryl methyl sites for hydroxylation is 1. The summed E-state index contributed by atoms with van der Waals surface area (Å²) in [5, 5.41) is 7.95. The van der Waals surface area contributed by atoms with Crippen LogP contribution >= 0.6 is 0 Å². The predicted molar refractivity (Wildman–Crippen MR) is 122 cm³/mol. The van der Waals surface area contributed by atoms with Gasteiger partial charge in [-0.2, -0.15) is 5.10 Å². The number of benzene rings is 2. The zero-order valence-electron chi connectivity index (χ0n) is 17.9. The SMILES string of the molecule is C[C@@H]1CC(=O)Cc2cccc(N3CC[C@H](C)c4cc(-c5cnn(C)c5)ccc43)c2N1. The van der Waals surface area contributed by atoms with Crippen LogP contribution in [0.15, 0.2) is 48.8 Å². The average molecular weight is 401 g/mol. The molecular weight excluding hydrogens is 372 g/mol. The molecule has 1 N–H and O–H groups in total. The Kier molecular flexibility index (Phi) is 4.61. The molecule has 5 heteroatoms. The highest BCUT2D eigenvalue weighted by Gasteiger charge is 2.28. The number of carbonyl (C=O) groups is 1. The van der Waals surface area contributed by atoms with E-state index in [9.17, 15) is 4.79 Å². The Hall–Kier alpha value is -3.08. The first-order valence-corrected chi connectivity index (χ1v) is 10.8. The minimum absolute atomic E-state index is 0.149. The summed E-state index contributed by atoms with van der Waals surface area (Å²) < 4.78 is 1.85. The Morgan fingerprint density at radius 1 is 1.10 bits per heavy atom. The van der Waals surface area contributed by atoms with Crippen LogP contribution in [0.3, 0.4) is 0 Å². The van der Waals surface area contributed by atoms with Crippen LogP contribution in [0.25, 0.3) is 11.1 Å². The number of hydrogen-bond acceptors (Lipinski definition) is 4. The topological polar surface area (TPSA) is 50.2 Å². The number of ketones is 1. The average Bonchev–Trinajstić information content (AvgIpc) is 3.09. The van der Waals surface area contributed by atoms with Crippen molar-refractivity contribution in [3.63, 3.8) is 0 Å². The van der Waals surface area contributed by atoms with E-state index < -0.39 is 0 Å². The molecule has 154 valence electrons. The molecule has 0 amide bonds. The number of aromatic nitrogens is 2. The van der Waals surface area contributed by atoms with Crippen molar-refractivity contribution < 1.29 is 4.79 Å². The van der Waals surface area contributed by atoms with Gasteiger partial charge in [-0.05, 0) is 54.2 Å². The third-order valence-corrected chi connectivity index (χ3v) is 6.40. The van der Waals surface area contributed by atoms with Crippen LogP contribution in [0.4, 0.5) is 17.1 Å². The van der Waals surface area contributed by atoms with Crippen LogP contribution in [0, 0.1) is 0 Å². The molecule has 0 spiro atoms. The van der Waals surface area contributed by atoms with Crippen LogP contribution in [0.1, 0.15) is 43.7 Å². The van der Waals surface area contributed by atoms with E-state index >= 15 is 0 Å². The lowest BCUT2D eigenvalue weighted by Crippen LogP contribution is -2.27. The predicted octanol–water partition coefficient (Wildman–Crippen LogP) is 5.05. The molecule has 0 unspecified atom stereocenters. The van der Waals surface area contributed by atoms with Gasteiger partial charge in [-0.15, -0.1) is 0 Å². The Morgan fingerprint density at radius 2 is 1.97 bits per heavy atom. The van der Waals surface area contributed by atoms with E-state index in [-0.39, 0.29) is 6.04 Å². The van der Waals surface area contributed by atoms with Gasteiger partial charge in [0.05, 0.1) is 17.6 Å². The lowest BCUT2D eigenvalue weighted by Gasteiger charge is -2.36. The molecule has 0 radical (unpaired) electrons. The summed E-state index contributed by atoms with van der Waals surface area (Å²) >= 11 is 0. The van der Waals surface area contributed by atoms with E-state index in [0.29, 0.717) is 24.5 Å². The van der Waals surface area contributed by atoms with Gasteiger partial charge in [-0.1, -0.05) is 25.1 Å². The molecular formula is C25H28N4O. The molecule has 0 saturated heterocycles. The van der Waals surface area contributed by atoms with E-state index in [2.05, 4.69) is 71.8 Å². The second-order valence-corrected chi connectivity index (χ2v) is 8.79. The summed E-state index contributed by atoms with van der Waals surface area (Å²) in [7, 11) is 1.95. The number of Topliss-reactive ketones (excluding diaryl/α,β-unsaturated/α-hetero) is 1. The summed E-state index contributed by atoms with van der Waals surface area (Å²) in [6.07, 6.45) is 6.17. The molecule has 2 aromatic carbocycles. The summed E-state index contributed by atoms with van der Waals surface area (Å²) in [6, 6.07) is 13.3. The van der Waals surface area contributed by atoms with Gasteiger partial charge in [-0.3, -0.25) is 9.48 Å². The highest BCUT2D eigenvalue weighted by atomic mass is 16.1. The summed E-state index contributed by atoms with van der Waals surface area (Å²) in [4.78, 5) is 14.7. The first-order chi connectivity index (χ1) is 14.5. The molecule has 5 nitrogen and oxygen atoms in total. The summed E-state index contributed by atoms with van der Waals surface area (Å²) in [6.45, 7) is 5.38. The second-order valence-electron chi connectivity index (χ2n) is 8.79. The number of hydrogen-bond donors (Lipinski definition) is 1. The van der Waals surface area contributed by atoms with Crippen LogP contribution in [0.2, 0.25) is 0 Å². The van der Waals surface area contributed by atoms with Gasteiger partial charge in [0, 0.05) is 49.9 Å². The minimum Gasteiger partial charge on any atom is -0.380 e. The molecule has 0 bridgehead atoms. The molecule has 5 rings (SSSR count). The number of nitrogens with one attached hydrogen (secondary N) is 1.